The summed E-state index contributed by atoms with van der Waals surface area (Å²) in [5, 5.41) is 19.2. The number of carbonyl (C=O) groups excluding carboxylic acids is 1. The second-order valence-corrected chi connectivity index (χ2v) is 8.82. The Hall–Kier alpha value is -2.89. The van der Waals surface area contributed by atoms with Crippen molar-refractivity contribution < 1.29 is 9.72 Å². The third-order valence-electron chi connectivity index (χ3n) is 6.70. The molecule has 0 aliphatic heterocycles. The Morgan fingerprint density at radius 3 is 1.84 bits per heavy atom. The zero-order valence-electron chi connectivity index (χ0n) is 17.8. The van der Waals surface area contributed by atoms with E-state index in [0.717, 1.165) is 42.4 Å². The molecule has 2 saturated carbocycles. The van der Waals surface area contributed by atoms with Gasteiger partial charge < -0.3 is 0 Å². The lowest BCUT2D eigenvalue weighted by Gasteiger charge is -2.30. The number of rotatable bonds is 5. The Labute approximate surface area is 183 Å². The zero-order chi connectivity index (χ0) is 21.6. The monoisotopic (exact) mass is 419 g/mol. The second kappa shape index (κ2) is 9.94. The third kappa shape index (κ3) is 5.24. The van der Waals surface area contributed by atoms with Gasteiger partial charge in [-0.1, -0.05) is 38.5 Å². The topological polar surface area (TPSA) is 84.9 Å². The molecule has 6 nitrogen and oxygen atoms in total. The minimum atomic E-state index is -0.433. The van der Waals surface area contributed by atoms with E-state index < -0.39 is 4.92 Å². The largest absolute Gasteiger partial charge is 0.289 e. The normalized spacial score (nSPS) is 21.2. The van der Waals surface area contributed by atoms with Gasteiger partial charge in [0.2, 0.25) is 0 Å². The predicted molar refractivity (Wildman–Crippen MR) is 120 cm³/mol. The van der Waals surface area contributed by atoms with Crippen LogP contribution in [0.4, 0.5) is 11.4 Å². The minimum Gasteiger partial charge on any atom is -0.289 e. The average molecular weight is 420 g/mol. The lowest BCUT2D eigenvalue weighted by Crippen LogP contribution is -2.25. The van der Waals surface area contributed by atoms with Crippen LogP contribution in [0.2, 0.25) is 0 Å². The first-order chi connectivity index (χ1) is 15.1. The number of azo groups is 1. The molecule has 0 bridgehead atoms. The highest BCUT2D eigenvalue weighted by atomic mass is 16.6. The van der Waals surface area contributed by atoms with Crippen LogP contribution in [-0.4, -0.2) is 10.7 Å². The number of ketones is 1. The number of allylic oxidation sites excluding steroid dienone is 5. The Bertz CT molecular complexity index is 905. The Morgan fingerprint density at radius 2 is 1.35 bits per heavy atom. The van der Waals surface area contributed by atoms with Gasteiger partial charge in [0.25, 0.3) is 5.69 Å². The van der Waals surface area contributed by atoms with Crippen molar-refractivity contribution in [3.63, 3.8) is 0 Å². The highest BCUT2D eigenvalue weighted by Crippen LogP contribution is 2.39. The molecule has 3 aliphatic carbocycles. The maximum atomic E-state index is 13.4. The fraction of sp³-hybridized carbons (Fsp3) is 0.480. The number of non-ortho nitro benzene ring substituents is 1. The lowest BCUT2D eigenvalue weighted by molar-refractivity contribution is -0.384. The molecule has 0 saturated heterocycles. The van der Waals surface area contributed by atoms with E-state index in [-0.39, 0.29) is 11.5 Å². The van der Waals surface area contributed by atoms with Gasteiger partial charge in [0.05, 0.1) is 16.8 Å². The van der Waals surface area contributed by atoms with Crippen molar-refractivity contribution >= 4 is 17.2 Å². The first kappa shape index (κ1) is 21.3. The first-order valence-electron chi connectivity index (χ1n) is 11.4. The van der Waals surface area contributed by atoms with Crippen LogP contribution in [-0.2, 0) is 4.79 Å². The SMILES string of the molecule is O=C1C(C2CCCCC2)=CC(=CN=Nc2ccc([N+](=O)[O-])cc2)C=C1C1CCCCC1. The summed E-state index contributed by atoms with van der Waals surface area (Å²) in [5.74, 6) is 0.954. The van der Waals surface area contributed by atoms with Crippen LogP contribution in [0, 0.1) is 22.0 Å². The molecule has 3 aliphatic rings. The molecule has 4 rings (SSSR count). The van der Waals surface area contributed by atoms with E-state index >= 15 is 0 Å². The zero-order valence-corrected chi connectivity index (χ0v) is 17.8. The van der Waals surface area contributed by atoms with Crippen LogP contribution in [0.5, 0.6) is 0 Å². The maximum Gasteiger partial charge on any atom is 0.269 e. The summed E-state index contributed by atoms with van der Waals surface area (Å²) < 4.78 is 0. The van der Waals surface area contributed by atoms with Crippen molar-refractivity contribution in [1.29, 1.82) is 0 Å². The minimum absolute atomic E-state index is 0.0308. The second-order valence-electron chi connectivity index (χ2n) is 8.82. The van der Waals surface area contributed by atoms with Crippen LogP contribution < -0.4 is 0 Å². The quantitative estimate of drug-likeness (QED) is 0.288. The number of hydrogen-bond donors (Lipinski definition) is 0. The summed E-state index contributed by atoms with van der Waals surface area (Å²) in [7, 11) is 0. The summed E-state index contributed by atoms with van der Waals surface area (Å²) in [6.07, 6.45) is 17.4. The van der Waals surface area contributed by atoms with Crippen LogP contribution in [0.25, 0.3) is 0 Å². The Morgan fingerprint density at radius 1 is 0.839 bits per heavy atom. The van der Waals surface area contributed by atoms with Gasteiger partial charge in [0.1, 0.15) is 0 Å². The molecule has 6 heteroatoms. The molecule has 2 fully saturated rings. The molecular formula is C25H29N3O3. The molecule has 0 atom stereocenters. The molecule has 0 radical (unpaired) electrons. The van der Waals surface area contributed by atoms with Gasteiger partial charge in [-0.05, 0) is 67.4 Å². The summed E-state index contributed by atoms with van der Waals surface area (Å²) in [5.41, 5.74) is 3.43. The maximum absolute atomic E-state index is 13.4. The summed E-state index contributed by atoms with van der Waals surface area (Å²) in [4.78, 5) is 23.7. The highest BCUT2D eigenvalue weighted by molar-refractivity contribution is 6.11. The number of nitro groups is 1. The molecule has 1 aromatic carbocycles. The van der Waals surface area contributed by atoms with Gasteiger partial charge in [-0.3, -0.25) is 14.9 Å². The molecule has 0 unspecified atom stereocenters. The van der Waals surface area contributed by atoms with E-state index in [1.807, 2.05) is 12.2 Å². The van der Waals surface area contributed by atoms with Crippen molar-refractivity contribution in [3.8, 4) is 0 Å². The molecule has 0 spiro atoms. The smallest absolute Gasteiger partial charge is 0.269 e. The van der Waals surface area contributed by atoms with Crippen molar-refractivity contribution in [2.75, 3.05) is 0 Å². The van der Waals surface area contributed by atoms with Crippen molar-refractivity contribution in [1.82, 2.24) is 0 Å². The van der Waals surface area contributed by atoms with E-state index in [1.54, 1.807) is 18.3 Å². The van der Waals surface area contributed by atoms with E-state index in [4.69, 9.17) is 0 Å². The lowest BCUT2D eigenvalue weighted by atomic mass is 9.73. The molecule has 0 aromatic heterocycles. The third-order valence-corrected chi connectivity index (χ3v) is 6.70. The number of nitrogens with zero attached hydrogens (tertiary/aromatic N) is 3. The van der Waals surface area contributed by atoms with E-state index in [2.05, 4.69) is 10.2 Å². The van der Waals surface area contributed by atoms with Gasteiger partial charge in [0, 0.05) is 23.3 Å². The fourth-order valence-electron chi connectivity index (χ4n) is 5.01. The number of Topliss-reactive ketones (excluding diaryl/α,β-unsaturated/α-hetero) is 1. The summed E-state index contributed by atoms with van der Waals surface area (Å²) in [6, 6.07) is 6.00. The molecule has 0 heterocycles. The van der Waals surface area contributed by atoms with Gasteiger partial charge in [0.15, 0.2) is 5.78 Å². The Balaban J connectivity index is 1.58. The fourth-order valence-corrected chi connectivity index (χ4v) is 5.01. The van der Waals surface area contributed by atoms with Crippen molar-refractivity contribution in [2.24, 2.45) is 22.1 Å². The van der Waals surface area contributed by atoms with E-state index in [9.17, 15) is 14.9 Å². The first-order valence-corrected chi connectivity index (χ1v) is 11.4. The van der Waals surface area contributed by atoms with Gasteiger partial charge in [-0.25, -0.2) is 0 Å². The molecule has 0 amide bonds. The standard InChI is InChI=1S/C25H29N3O3/c29-25-23(19-7-3-1-4-8-19)15-18(16-24(25)20-9-5-2-6-10-20)17-26-27-21-11-13-22(14-12-21)28(30)31/h11-17,19-20H,1-10H2. The summed E-state index contributed by atoms with van der Waals surface area (Å²) in [6.45, 7) is 0. The number of hydrogen-bond acceptors (Lipinski definition) is 5. The number of carbonyl (C=O) groups is 1. The molecule has 162 valence electrons. The average Bonchev–Trinajstić information content (AvgIpc) is 2.81. The van der Waals surface area contributed by atoms with Crippen LogP contribution >= 0.6 is 0 Å². The van der Waals surface area contributed by atoms with Gasteiger partial charge in [-0.15, -0.1) is 0 Å². The Kier molecular flexibility index (Phi) is 6.85. The van der Waals surface area contributed by atoms with E-state index in [0.29, 0.717) is 17.5 Å². The molecule has 0 N–H and O–H groups in total. The van der Waals surface area contributed by atoms with Gasteiger partial charge in [-0.2, -0.15) is 10.2 Å². The number of benzene rings is 1. The van der Waals surface area contributed by atoms with E-state index in [1.165, 1.54) is 50.7 Å². The summed E-state index contributed by atoms with van der Waals surface area (Å²) >= 11 is 0. The van der Waals surface area contributed by atoms with Crippen LogP contribution in [0.1, 0.15) is 64.2 Å². The van der Waals surface area contributed by atoms with Crippen molar-refractivity contribution in [3.05, 3.63) is 69.5 Å². The van der Waals surface area contributed by atoms with Gasteiger partial charge >= 0.3 is 0 Å². The van der Waals surface area contributed by atoms with Crippen LogP contribution in [0.3, 0.4) is 0 Å². The number of nitro benzene ring substituents is 1. The molecular weight excluding hydrogens is 390 g/mol. The van der Waals surface area contributed by atoms with Crippen molar-refractivity contribution in [2.45, 2.75) is 64.2 Å². The molecule has 31 heavy (non-hydrogen) atoms. The highest BCUT2D eigenvalue weighted by Gasteiger charge is 2.32. The van der Waals surface area contributed by atoms with Crippen LogP contribution in [0.15, 0.2) is 69.6 Å². The predicted octanol–water partition coefficient (Wildman–Crippen LogP) is 7.16. The molecule has 1 aromatic rings.